The van der Waals surface area contributed by atoms with Crippen LogP contribution in [0, 0.1) is 12.7 Å². The summed E-state index contributed by atoms with van der Waals surface area (Å²) in [6.07, 6.45) is 0.839. The first-order valence-corrected chi connectivity index (χ1v) is 5.91. The Morgan fingerprint density at radius 2 is 2.16 bits per heavy atom. The van der Waals surface area contributed by atoms with E-state index in [0.717, 1.165) is 0 Å². The highest BCUT2D eigenvalue weighted by atomic mass is 19.1. The lowest BCUT2D eigenvalue weighted by Gasteiger charge is -2.12. The lowest BCUT2D eigenvalue weighted by molar-refractivity contribution is 0.171. The van der Waals surface area contributed by atoms with Crippen LogP contribution in [0.3, 0.4) is 0 Å². The van der Waals surface area contributed by atoms with E-state index < -0.39 is 11.9 Å². The van der Waals surface area contributed by atoms with Gasteiger partial charge in [0.25, 0.3) is 0 Å². The van der Waals surface area contributed by atoms with E-state index in [1.165, 1.54) is 7.11 Å². The molecule has 19 heavy (non-hydrogen) atoms. The highest BCUT2D eigenvalue weighted by molar-refractivity contribution is 5.31. The van der Waals surface area contributed by atoms with Crippen molar-refractivity contribution < 1.29 is 14.2 Å². The van der Waals surface area contributed by atoms with Crippen molar-refractivity contribution in [3.63, 3.8) is 0 Å². The van der Waals surface area contributed by atoms with Gasteiger partial charge in [-0.3, -0.25) is 0 Å². The molecule has 2 aromatic rings. The molecule has 0 saturated heterocycles. The highest BCUT2D eigenvalue weighted by Gasteiger charge is 2.15. The molecule has 0 spiro atoms. The van der Waals surface area contributed by atoms with Gasteiger partial charge in [0.05, 0.1) is 12.8 Å². The predicted molar refractivity (Wildman–Crippen MR) is 68.4 cm³/mol. The second-order valence-electron chi connectivity index (χ2n) is 4.18. The van der Waals surface area contributed by atoms with Gasteiger partial charge in [-0.15, -0.1) is 0 Å². The van der Waals surface area contributed by atoms with E-state index in [4.69, 9.17) is 4.74 Å². The highest BCUT2D eigenvalue weighted by Crippen LogP contribution is 2.24. The van der Waals surface area contributed by atoms with Crippen LogP contribution in [0.2, 0.25) is 0 Å². The molecule has 0 aliphatic carbocycles. The van der Waals surface area contributed by atoms with E-state index in [0.29, 0.717) is 17.1 Å². The molecule has 1 unspecified atom stereocenters. The van der Waals surface area contributed by atoms with Gasteiger partial charge in [0.2, 0.25) is 0 Å². The van der Waals surface area contributed by atoms with Crippen molar-refractivity contribution in [3.05, 3.63) is 53.4 Å². The van der Waals surface area contributed by atoms with Gasteiger partial charge in [0.1, 0.15) is 11.9 Å². The maximum Gasteiger partial charge on any atom is 0.168 e. The third kappa shape index (κ3) is 3.06. The van der Waals surface area contributed by atoms with Crippen molar-refractivity contribution in [2.75, 3.05) is 7.11 Å². The number of benzene rings is 1. The Morgan fingerprint density at radius 1 is 1.37 bits per heavy atom. The number of hydrogen-bond donors (Lipinski definition) is 1. The average Bonchev–Trinajstić information content (AvgIpc) is 2.41. The van der Waals surface area contributed by atoms with E-state index in [1.54, 1.807) is 37.4 Å². The number of ether oxygens (including phenoxy) is 1. The Morgan fingerprint density at radius 3 is 2.84 bits per heavy atom. The minimum atomic E-state index is -0.872. The molecule has 0 radical (unpaired) electrons. The SMILES string of the molecule is COc1cccc(CC(O)c2ccnc(C)n2)c1F. The van der Waals surface area contributed by atoms with Gasteiger partial charge in [-0.1, -0.05) is 12.1 Å². The van der Waals surface area contributed by atoms with Crippen LogP contribution >= 0.6 is 0 Å². The normalized spacial score (nSPS) is 12.2. The fraction of sp³-hybridized carbons (Fsp3) is 0.286. The van der Waals surface area contributed by atoms with Gasteiger partial charge in [-0.25, -0.2) is 14.4 Å². The molecule has 0 amide bonds. The van der Waals surface area contributed by atoms with Crippen LogP contribution in [-0.4, -0.2) is 22.2 Å². The maximum absolute atomic E-state index is 14.0. The van der Waals surface area contributed by atoms with E-state index in [2.05, 4.69) is 9.97 Å². The lowest BCUT2D eigenvalue weighted by Crippen LogP contribution is -2.07. The molecule has 0 aliphatic rings. The summed E-state index contributed by atoms with van der Waals surface area (Å²) in [5.41, 5.74) is 0.873. The number of rotatable bonds is 4. The quantitative estimate of drug-likeness (QED) is 0.917. The first-order valence-electron chi connectivity index (χ1n) is 5.91. The van der Waals surface area contributed by atoms with Crippen LogP contribution in [0.15, 0.2) is 30.5 Å². The van der Waals surface area contributed by atoms with Crippen LogP contribution in [-0.2, 0) is 6.42 Å². The number of aliphatic hydroxyl groups excluding tert-OH is 1. The summed E-state index contributed by atoms with van der Waals surface area (Å²) in [6.45, 7) is 1.74. The number of halogens is 1. The Kier molecular flexibility index (Phi) is 4.06. The summed E-state index contributed by atoms with van der Waals surface area (Å²) in [5, 5.41) is 10.1. The van der Waals surface area contributed by atoms with E-state index >= 15 is 0 Å². The summed E-state index contributed by atoms with van der Waals surface area (Å²) in [5.74, 6) is 0.293. The molecular weight excluding hydrogens is 247 g/mol. The second kappa shape index (κ2) is 5.75. The van der Waals surface area contributed by atoms with Crippen molar-refractivity contribution >= 4 is 0 Å². The summed E-state index contributed by atoms with van der Waals surface area (Å²) in [7, 11) is 1.41. The van der Waals surface area contributed by atoms with E-state index in [9.17, 15) is 9.50 Å². The van der Waals surface area contributed by atoms with Crippen LogP contribution in [0.5, 0.6) is 5.75 Å². The van der Waals surface area contributed by atoms with Crippen molar-refractivity contribution in [1.29, 1.82) is 0 Å². The fourth-order valence-electron chi connectivity index (χ4n) is 1.84. The molecule has 0 aliphatic heterocycles. The molecule has 1 heterocycles. The molecule has 1 N–H and O–H groups in total. The smallest absolute Gasteiger partial charge is 0.168 e. The number of methoxy groups -OCH3 is 1. The van der Waals surface area contributed by atoms with Crippen LogP contribution < -0.4 is 4.74 Å². The Balaban J connectivity index is 2.21. The van der Waals surface area contributed by atoms with Crippen LogP contribution in [0.1, 0.15) is 23.2 Å². The van der Waals surface area contributed by atoms with Crippen molar-refractivity contribution in [1.82, 2.24) is 9.97 Å². The predicted octanol–water partition coefficient (Wildman–Crippen LogP) is 2.21. The average molecular weight is 262 g/mol. The molecule has 1 atom stereocenters. The molecule has 1 aromatic heterocycles. The van der Waals surface area contributed by atoms with E-state index in [1.807, 2.05) is 0 Å². The minimum absolute atomic E-state index is 0.138. The number of aromatic nitrogens is 2. The minimum Gasteiger partial charge on any atom is -0.494 e. The molecule has 0 fully saturated rings. The summed E-state index contributed by atoms with van der Waals surface area (Å²) in [4.78, 5) is 8.08. The molecule has 5 heteroatoms. The zero-order valence-corrected chi connectivity index (χ0v) is 10.8. The molecule has 4 nitrogen and oxygen atoms in total. The van der Waals surface area contributed by atoms with Crippen molar-refractivity contribution in [2.24, 2.45) is 0 Å². The fourth-order valence-corrected chi connectivity index (χ4v) is 1.84. The topological polar surface area (TPSA) is 55.2 Å². The van der Waals surface area contributed by atoms with Gasteiger partial charge in [0, 0.05) is 12.6 Å². The largest absolute Gasteiger partial charge is 0.494 e. The monoisotopic (exact) mass is 262 g/mol. The van der Waals surface area contributed by atoms with Gasteiger partial charge in [-0.05, 0) is 24.6 Å². The first-order chi connectivity index (χ1) is 9.11. The van der Waals surface area contributed by atoms with Crippen molar-refractivity contribution in [2.45, 2.75) is 19.4 Å². The van der Waals surface area contributed by atoms with Gasteiger partial charge in [-0.2, -0.15) is 0 Å². The standard InChI is InChI=1S/C14H15FN2O2/c1-9-16-7-6-11(17-9)12(18)8-10-4-3-5-13(19-2)14(10)15/h3-7,12,18H,8H2,1-2H3. The molecule has 0 bridgehead atoms. The third-order valence-electron chi connectivity index (χ3n) is 2.82. The molecule has 1 aromatic carbocycles. The van der Waals surface area contributed by atoms with Gasteiger partial charge in [0.15, 0.2) is 11.6 Å². The second-order valence-corrected chi connectivity index (χ2v) is 4.18. The van der Waals surface area contributed by atoms with Crippen molar-refractivity contribution in [3.8, 4) is 5.75 Å². The molecule has 2 rings (SSSR count). The van der Waals surface area contributed by atoms with Crippen LogP contribution in [0.25, 0.3) is 0 Å². The number of aliphatic hydroxyl groups is 1. The third-order valence-corrected chi connectivity index (χ3v) is 2.82. The zero-order chi connectivity index (χ0) is 13.8. The Bertz CT molecular complexity index is 575. The van der Waals surface area contributed by atoms with Gasteiger partial charge >= 0.3 is 0 Å². The Hall–Kier alpha value is -2.01. The summed E-state index contributed by atoms with van der Waals surface area (Å²) in [6, 6.07) is 6.47. The molecule has 0 saturated carbocycles. The number of aryl methyl sites for hydroxylation is 1. The zero-order valence-electron chi connectivity index (χ0n) is 10.8. The summed E-state index contributed by atoms with van der Waals surface area (Å²) >= 11 is 0. The number of nitrogens with zero attached hydrogens (tertiary/aromatic N) is 2. The number of hydrogen-bond acceptors (Lipinski definition) is 4. The summed E-state index contributed by atoms with van der Waals surface area (Å²) < 4.78 is 18.9. The van der Waals surface area contributed by atoms with E-state index in [-0.39, 0.29) is 12.2 Å². The molecular formula is C14H15FN2O2. The lowest BCUT2D eigenvalue weighted by atomic mass is 10.0. The molecule has 100 valence electrons. The van der Waals surface area contributed by atoms with Gasteiger partial charge < -0.3 is 9.84 Å². The maximum atomic E-state index is 14.0. The Labute approximate surface area is 110 Å². The van der Waals surface area contributed by atoms with Crippen LogP contribution in [0.4, 0.5) is 4.39 Å². The first kappa shape index (κ1) is 13.4.